The second-order valence-corrected chi connectivity index (χ2v) is 5.35. The normalized spacial score (nSPS) is 11.8. The highest BCUT2D eigenvalue weighted by atomic mass is 16.7. The van der Waals surface area contributed by atoms with Crippen molar-refractivity contribution in [2.45, 2.75) is 12.3 Å². The van der Waals surface area contributed by atoms with Crippen LogP contribution in [0.15, 0.2) is 42.5 Å². The Balaban J connectivity index is 2.29. The summed E-state index contributed by atoms with van der Waals surface area (Å²) in [6, 6.07) is 13.4. The molecule has 0 aliphatic carbocycles. The minimum atomic E-state index is -0.0977. The fraction of sp³-hybridized carbons (Fsp3) is 0.368. The number of hydrogen-bond donors (Lipinski definition) is 1. The third kappa shape index (κ3) is 4.40. The van der Waals surface area contributed by atoms with Crippen molar-refractivity contribution in [2.75, 3.05) is 34.7 Å². The first kappa shape index (κ1) is 18.1. The number of ether oxygens (including phenoxy) is 4. The Labute approximate surface area is 142 Å². The second-order valence-electron chi connectivity index (χ2n) is 5.35. The lowest BCUT2D eigenvalue weighted by molar-refractivity contribution is 0.0501. The van der Waals surface area contributed by atoms with Crippen LogP contribution in [-0.2, 0) is 11.2 Å². The number of aliphatic hydroxyl groups is 1. The molecule has 0 heterocycles. The summed E-state index contributed by atoms with van der Waals surface area (Å²) in [6.45, 7) is 0.161. The van der Waals surface area contributed by atoms with Crippen LogP contribution in [0.5, 0.6) is 17.2 Å². The molecule has 0 aromatic heterocycles. The molecule has 2 aromatic rings. The SMILES string of the molecule is COCOc1cc(OC)ccc1CC(CO)c1ccccc1OC. The Morgan fingerprint density at radius 1 is 0.958 bits per heavy atom. The van der Waals surface area contributed by atoms with Gasteiger partial charge in [-0.25, -0.2) is 0 Å². The van der Waals surface area contributed by atoms with Gasteiger partial charge in [-0.3, -0.25) is 0 Å². The Kier molecular flexibility index (Phi) is 6.90. The predicted molar refractivity (Wildman–Crippen MR) is 92.0 cm³/mol. The van der Waals surface area contributed by atoms with E-state index in [4.69, 9.17) is 18.9 Å². The van der Waals surface area contributed by atoms with Gasteiger partial charge in [-0.1, -0.05) is 24.3 Å². The quantitative estimate of drug-likeness (QED) is 0.716. The number of methoxy groups -OCH3 is 3. The van der Waals surface area contributed by atoms with Crippen molar-refractivity contribution in [1.82, 2.24) is 0 Å². The first-order chi connectivity index (χ1) is 11.7. The first-order valence-corrected chi connectivity index (χ1v) is 7.75. The Bertz CT molecular complexity index is 641. The number of aliphatic hydroxyl groups excluding tert-OH is 1. The number of rotatable bonds is 9. The van der Waals surface area contributed by atoms with Crippen LogP contribution in [0.2, 0.25) is 0 Å². The summed E-state index contributed by atoms with van der Waals surface area (Å²) in [4.78, 5) is 0. The van der Waals surface area contributed by atoms with Gasteiger partial charge in [0.1, 0.15) is 17.2 Å². The van der Waals surface area contributed by atoms with Gasteiger partial charge in [-0.05, 0) is 29.7 Å². The molecule has 1 unspecified atom stereocenters. The highest BCUT2D eigenvalue weighted by molar-refractivity contribution is 5.43. The lowest BCUT2D eigenvalue weighted by Crippen LogP contribution is -2.11. The van der Waals surface area contributed by atoms with Gasteiger partial charge in [0.2, 0.25) is 0 Å². The summed E-state index contributed by atoms with van der Waals surface area (Å²) < 4.78 is 21.3. The van der Waals surface area contributed by atoms with Crippen molar-refractivity contribution in [1.29, 1.82) is 0 Å². The summed E-state index contributed by atoms with van der Waals surface area (Å²) in [5.41, 5.74) is 1.94. The lowest BCUT2D eigenvalue weighted by Gasteiger charge is -2.20. The molecule has 24 heavy (non-hydrogen) atoms. The first-order valence-electron chi connectivity index (χ1n) is 7.75. The maximum Gasteiger partial charge on any atom is 0.188 e. The summed E-state index contributed by atoms with van der Waals surface area (Å²) in [5.74, 6) is 2.07. The summed E-state index contributed by atoms with van der Waals surface area (Å²) in [7, 11) is 4.82. The van der Waals surface area contributed by atoms with Gasteiger partial charge in [-0.2, -0.15) is 0 Å². The van der Waals surface area contributed by atoms with Crippen LogP contribution >= 0.6 is 0 Å². The summed E-state index contributed by atoms with van der Waals surface area (Å²) in [6.07, 6.45) is 0.611. The summed E-state index contributed by atoms with van der Waals surface area (Å²) in [5, 5.41) is 9.88. The number of hydrogen-bond acceptors (Lipinski definition) is 5. The zero-order valence-electron chi connectivity index (χ0n) is 14.3. The van der Waals surface area contributed by atoms with E-state index in [1.165, 1.54) is 0 Å². The largest absolute Gasteiger partial charge is 0.497 e. The molecule has 0 bridgehead atoms. The standard InChI is InChI=1S/C19H24O5/c1-21-13-24-19-11-16(22-2)9-8-14(19)10-15(12-20)17-6-4-5-7-18(17)23-3/h4-9,11,15,20H,10,12-13H2,1-3H3. The van der Waals surface area contributed by atoms with E-state index < -0.39 is 0 Å². The van der Waals surface area contributed by atoms with Crippen LogP contribution in [0.1, 0.15) is 17.0 Å². The molecule has 0 radical (unpaired) electrons. The maximum absolute atomic E-state index is 9.88. The maximum atomic E-state index is 9.88. The van der Waals surface area contributed by atoms with Crippen molar-refractivity contribution >= 4 is 0 Å². The summed E-state index contributed by atoms with van der Waals surface area (Å²) >= 11 is 0. The van der Waals surface area contributed by atoms with Crippen LogP contribution in [0, 0.1) is 0 Å². The highest BCUT2D eigenvalue weighted by Crippen LogP contribution is 2.33. The predicted octanol–water partition coefficient (Wildman–Crippen LogP) is 3.01. The molecule has 1 atom stereocenters. The van der Waals surface area contributed by atoms with Crippen molar-refractivity contribution in [3.8, 4) is 17.2 Å². The van der Waals surface area contributed by atoms with Gasteiger partial charge in [-0.15, -0.1) is 0 Å². The Morgan fingerprint density at radius 2 is 1.75 bits per heavy atom. The molecule has 0 spiro atoms. The van der Waals surface area contributed by atoms with Gasteiger partial charge in [0.05, 0.1) is 20.8 Å². The molecular formula is C19H24O5. The fourth-order valence-electron chi connectivity index (χ4n) is 2.63. The van der Waals surface area contributed by atoms with Gasteiger partial charge in [0.25, 0.3) is 0 Å². The molecular weight excluding hydrogens is 308 g/mol. The van der Waals surface area contributed by atoms with E-state index in [0.29, 0.717) is 17.9 Å². The van der Waals surface area contributed by atoms with Gasteiger partial charge >= 0.3 is 0 Å². The van der Waals surface area contributed by atoms with Crippen molar-refractivity contribution in [2.24, 2.45) is 0 Å². The Morgan fingerprint density at radius 3 is 2.42 bits per heavy atom. The molecule has 0 amide bonds. The van der Waals surface area contributed by atoms with Gasteiger partial charge in [0.15, 0.2) is 6.79 Å². The molecule has 0 fully saturated rings. The van der Waals surface area contributed by atoms with Crippen LogP contribution in [0.4, 0.5) is 0 Å². The topological polar surface area (TPSA) is 57.2 Å². The van der Waals surface area contributed by atoms with Crippen LogP contribution < -0.4 is 14.2 Å². The van der Waals surface area contributed by atoms with E-state index in [-0.39, 0.29) is 19.3 Å². The molecule has 2 aromatic carbocycles. The Hall–Kier alpha value is -2.24. The monoisotopic (exact) mass is 332 g/mol. The molecule has 5 heteroatoms. The van der Waals surface area contributed by atoms with E-state index in [1.807, 2.05) is 42.5 Å². The van der Waals surface area contributed by atoms with Gasteiger partial charge < -0.3 is 24.1 Å². The molecule has 130 valence electrons. The minimum Gasteiger partial charge on any atom is -0.497 e. The minimum absolute atomic E-state index is 0.0100. The zero-order chi connectivity index (χ0) is 17.4. The molecule has 2 rings (SSSR count). The number of benzene rings is 2. The number of para-hydroxylation sites is 1. The molecule has 1 N–H and O–H groups in total. The van der Waals surface area contributed by atoms with Crippen LogP contribution in [-0.4, -0.2) is 39.8 Å². The van der Waals surface area contributed by atoms with Gasteiger partial charge in [0, 0.05) is 19.1 Å². The fourth-order valence-corrected chi connectivity index (χ4v) is 2.63. The molecule has 0 aliphatic heterocycles. The third-order valence-electron chi connectivity index (χ3n) is 3.87. The van der Waals surface area contributed by atoms with Crippen LogP contribution in [0.3, 0.4) is 0 Å². The molecule has 5 nitrogen and oxygen atoms in total. The molecule has 0 saturated carbocycles. The zero-order valence-corrected chi connectivity index (χ0v) is 14.3. The van der Waals surface area contributed by atoms with Crippen LogP contribution in [0.25, 0.3) is 0 Å². The van der Waals surface area contributed by atoms with E-state index in [0.717, 1.165) is 16.9 Å². The second kappa shape index (κ2) is 9.15. The van der Waals surface area contributed by atoms with Crippen molar-refractivity contribution < 1.29 is 24.1 Å². The van der Waals surface area contributed by atoms with E-state index in [1.54, 1.807) is 21.3 Å². The van der Waals surface area contributed by atoms with E-state index >= 15 is 0 Å². The smallest absolute Gasteiger partial charge is 0.188 e. The highest BCUT2D eigenvalue weighted by Gasteiger charge is 2.18. The third-order valence-corrected chi connectivity index (χ3v) is 3.87. The molecule has 0 saturated heterocycles. The van der Waals surface area contributed by atoms with E-state index in [2.05, 4.69) is 0 Å². The van der Waals surface area contributed by atoms with Crippen molar-refractivity contribution in [3.05, 3.63) is 53.6 Å². The average Bonchev–Trinajstić information content (AvgIpc) is 2.64. The van der Waals surface area contributed by atoms with E-state index in [9.17, 15) is 5.11 Å². The molecule has 0 aliphatic rings. The average molecular weight is 332 g/mol. The van der Waals surface area contributed by atoms with Crippen molar-refractivity contribution in [3.63, 3.8) is 0 Å². The lowest BCUT2D eigenvalue weighted by atomic mass is 9.91.